The lowest BCUT2D eigenvalue weighted by Gasteiger charge is -2.35. The average molecular weight is 388 g/mol. The topological polar surface area (TPSA) is 55.8 Å². The fraction of sp³-hybridized carbons (Fsp3) is 0.565. The summed E-state index contributed by atoms with van der Waals surface area (Å²) < 4.78 is 10.6. The summed E-state index contributed by atoms with van der Waals surface area (Å²) in [5.41, 5.74) is 0.913. The molecule has 0 N–H and O–H groups in total. The van der Waals surface area contributed by atoms with Crippen LogP contribution < -0.4 is 4.74 Å². The summed E-state index contributed by atoms with van der Waals surface area (Å²) in [6, 6.07) is 7.88. The van der Waals surface area contributed by atoms with Crippen LogP contribution in [0.5, 0.6) is 5.75 Å². The van der Waals surface area contributed by atoms with Gasteiger partial charge >= 0.3 is 5.97 Å². The maximum absolute atomic E-state index is 13.0. The Hall–Kier alpha value is -2.30. The quantitative estimate of drug-likeness (QED) is 0.488. The Labute approximate surface area is 168 Å². The molecular weight excluding hydrogens is 354 g/mol. The molecule has 1 aromatic rings. The number of carbonyl (C=O) groups is 2. The van der Waals surface area contributed by atoms with Crippen LogP contribution in [0.1, 0.15) is 58.4 Å². The molecule has 154 valence electrons. The molecular formula is C23H33NO4. The fourth-order valence-electron chi connectivity index (χ4n) is 3.61. The Kier molecular flexibility index (Phi) is 8.55. The number of benzene rings is 1. The highest BCUT2D eigenvalue weighted by molar-refractivity contribution is 5.92. The van der Waals surface area contributed by atoms with E-state index in [1.165, 1.54) is 13.5 Å². The smallest absolute Gasteiger partial charge is 0.310 e. The van der Waals surface area contributed by atoms with Gasteiger partial charge in [0.15, 0.2) is 0 Å². The third-order valence-electron chi connectivity index (χ3n) is 5.02. The molecule has 1 saturated carbocycles. The van der Waals surface area contributed by atoms with Crippen molar-refractivity contribution in [2.75, 3.05) is 13.7 Å². The van der Waals surface area contributed by atoms with E-state index in [1.54, 1.807) is 6.08 Å². The van der Waals surface area contributed by atoms with Gasteiger partial charge in [0, 0.05) is 18.7 Å². The molecule has 0 aromatic heterocycles. The minimum Gasteiger partial charge on any atom is -0.491 e. The van der Waals surface area contributed by atoms with E-state index in [0.717, 1.165) is 37.0 Å². The fourth-order valence-corrected chi connectivity index (χ4v) is 3.61. The van der Waals surface area contributed by atoms with E-state index >= 15 is 0 Å². The van der Waals surface area contributed by atoms with Gasteiger partial charge in [-0.3, -0.25) is 9.59 Å². The van der Waals surface area contributed by atoms with Crippen LogP contribution in [-0.2, 0) is 14.3 Å². The van der Waals surface area contributed by atoms with Gasteiger partial charge in [0.2, 0.25) is 5.91 Å². The number of esters is 1. The highest BCUT2D eigenvalue weighted by Gasteiger charge is 2.27. The lowest BCUT2D eigenvalue weighted by molar-refractivity contribution is -0.146. The van der Waals surface area contributed by atoms with Crippen LogP contribution in [0.3, 0.4) is 0 Å². The summed E-state index contributed by atoms with van der Waals surface area (Å²) >= 11 is 0. The molecule has 0 aliphatic heterocycles. The molecule has 2 rings (SSSR count). The van der Waals surface area contributed by atoms with Gasteiger partial charge < -0.3 is 14.4 Å². The van der Waals surface area contributed by atoms with Crippen molar-refractivity contribution in [1.82, 2.24) is 4.90 Å². The molecule has 0 saturated heterocycles. The normalized spacial score (nSPS) is 16.2. The van der Waals surface area contributed by atoms with E-state index in [9.17, 15) is 9.59 Å². The van der Waals surface area contributed by atoms with E-state index in [4.69, 9.17) is 9.47 Å². The molecule has 1 aliphatic rings. The van der Waals surface area contributed by atoms with Crippen molar-refractivity contribution < 1.29 is 19.1 Å². The molecule has 1 amide bonds. The van der Waals surface area contributed by atoms with Crippen LogP contribution in [0.25, 0.3) is 6.08 Å². The molecule has 0 spiro atoms. The minimum atomic E-state index is -0.341. The van der Waals surface area contributed by atoms with E-state index in [2.05, 4.69) is 0 Å². The Morgan fingerprint density at radius 1 is 1.18 bits per heavy atom. The molecule has 1 aromatic carbocycles. The molecule has 1 fully saturated rings. The molecule has 5 heteroatoms. The zero-order valence-electron chi connectivity index (χ0n) is 17.5. The van der Waals surface area contributed by atoms with Crippen molar-refractivity contribution >= 4 is 18.0 Å². The monoisotopic (exact) mass is 387 g/mol. The molecule has 1 unspecified atom stereocenters. The van der Waals surface area contributed by atoms with Gasteiger partial charge in [0.05, 0.1) is 19.1 Å². The SMILES string of the molecule is COC(=O)C(C)CN(C(=O)/C=C/c1cccc(OC(C)C)c1)C1CCCCC1. The largest absolute Gasteiger partial charge is 0.491 e. The Balaban J connectivity index is 2.12. The van der Waals surface area contributed by atoms with E-state index in [0.29, 0.717) is 6.54 Å². The van der Waals surface area contributed by atoms with Gasteiger partial charge in [-0.2, -0.15) is 0 Å². The minimum absolute atomic E-state index is 0.0576. The van der Waals surface area contributed by atoms with Crippen LogP contribution >= 0.6 is 0 Å². The second-order valence-corrected chi connectivity index (χ2v) is 7.78. The van der Waals surface area contributed by atoms with E-state index < -0.39 is 0 Å². The third kappa shape index (κ3) is 6.70. The van der Waals surface area contributed by atoms with Crippen LogP contribution in [0.4, 0.5) is 0 Å². The third-order valence-corrected chi connectivity index (χ3v) is 5.02. The summed E-state index contributed by atoms with van der Waals surface area (Å²) in [4.78, 5) is 26.7. The van der Waals surface area contributed by atoms with Crippen molar-refractivity contribution in [3.63, 3.8) is 0 Å². The summed E-state index contributed by atoms with van der Waals surface area (Å²) in [6.07, 6.45) is 8.96. The first-order valence-electron chi connectivity index (χ1n) is 10.2. The van der Waals surface area contributed by atoms with Crippen LogP contribution in [0.2, 0.25) is 0 Å². The lowest BCUT2D eigenvalue weighted by atomic mass is 9.93. The first-order valence-corrected chi connectivity index (χ1v) is 10.2. The highest BCUT2D eigenvalue weighted by Crippen LogP contribution is 2.24. The van der Waals surface area contributed by atoms with Gasteiger partial charge in [0.25, 0.3) is 0 Å². The zero-order chi connectivity index (χ0) is 20.5. The van der Waals surface area contributed by atoms with Crippen molar-refractivity contribution in [3.05, 3.63) is 35.9 Å². The van der Waals surface area contributed by atoms with Crippen molar-refractivity contribution in [2.24, 2.45) is 5.92 Å². The van der Waals surface area contributed by atoms with Gasteiger partial charge in [-0.1, -0.05) is 38.3 Å². The maximum atomic E-state index is 13.0. The number of methoxy groups -OCH3 is 1. The standard InChI is InChI=1S/C23H33NO4/c1-17(2)28-21-12-8-9-19(15-21)13-14-22(25)24(16-18(3)23(26)27-4)20-10-6-5-7-11-20/h8-9,12-15,17-18,20H,5-7,10-11,16H2,1-4H3/b14-13+. The predicted molar refractivity (Wildman–Crippen MR) is 111 cm³/mol. The Morgan fingerprint density at radius 2 is 1.89 bits per heavy atom. The molecule has 1 aliphatic carbocycles. The second-order valence-electron chi connectivity index (χ2n) is 7.78. The van der Waals surface area contributed by atoms with Gasteiger partial charge in [0.1, 0.15) is 5.75 Å². The van der Waals surface area contributed by atoms with Crippen LogP contribution in [0.15, 0.2) is 30.3 Å². The van der Waals surface area contributed by atoms with Crippen molar-refractivity contribution in [3.8, 4) is 5.75 Å². The predicted octanol–water partition coefficient (Wildman–Crippen LogP) is 4.46. The first-order chi connectivity index (χ1) is 13.4. The molecule has 0 bridgehead atoms. The number of nitrogens with zero attached hydrogens (tertiary/aromatic N) is 1. The van der Waals surface area contributed by atoms with Gasteiger partial charge in [-0.15, -0.1) is 0 Å². The summed E-state index contributed by atoms with van der Waals surface area (Å²) in [7, 11) is 1.39. The zero-order valence-corrected chi connectivity index (χ0v) is 17.5. The molecule has 0 heterocycles. The molecule has 1 atom stereocenters. The lowest BCUT2D eigenvalue weighted by Crippen LogP contribution is -2.44. The Bertz CT molecular complexity index is 677. The molecule has 0 radical (unpaired) electrons. The second kappa shape index (κ2) is 10.9. The van der Waals surface area contributed by atoms with Gasteiger partial charge in [-0.25, -0.2) is 0 Å². The number of hydrogen-bond acceptors (Lipinski definition) is 4. The van der Waals surface area contributed by atoms with E-state index in [1.807, 2.05) is 56.0 Å². The number of amides is 1. The number of hydrogen-bond donors (Lipinski definition) is 0. The Morgan fingerprint density at radius 3 is 2.54 bits per heavy atom. The number of ether oxygens (including phenoxy) is 2. The molecule has 5 nitrogen and oxygen atoms in total. The molecule has 28 heavy (non-hydrogen) atoms. The van der Waals surface area contributed by atoms with E-state index in [-0.39, 0.29) is 29.9 Å². The first kappa shape index (κ1) is 22.0. The van der Waals surface area contributed by atoms with Crippen molar-refractivity contribution in [1.29, 1.82) is 0 Å². The summed E-state index contributed by atoms with van der Waals surface area (Å²) in [6.45, 7) is 6.16. The summed E-state index contributed by atoms with van der Waals surface area (Å²) in [5, 5.41) is 0. The highest BCUT2D eigenvalue weighted by atomic mass is 16.5. The summed E-state index contributed by atoms with van der Waals surface area (Å²) in [5.74, 6) is 0.106. The maximum Gasteiger partial charge on any atom is 0.310 e. The van der Waals surface area contributed by atoms with Gasteiger partial charge in [-0.05, 0) is 50.5 Å². The van der Waals surface area contributed by atoms with Crippen LogP contribution in [-0.4, -0.2) is 42.6 Å². The average Bonchev–Trinajstić information content (AvgIpc) is 2.69. The van der Waals surface area contributed by atoms with Crippen LogP contribution in [0, 0.1) is 5.92 Å². The number of rotatable bonds is 8. The number of carbonyl (C=O) groups excluding carboxylic acids is 2. The van der Waals surface area contributed by atoms with Crippen molar-refractivity contribution in [2.45, 2.75) is 65.0 Å².